The molecule has 4 heteroatoms. The smallest absolute Gasteiger partial charge is 0.228 e. The van der Waals surface area contributed by atoms with Gasteiger partial charge in [-0.2, -0.15) is 5.26 Å². The van der Waals surface area contributed by atoms with E-state index in [-0.39, 0.29) is 17.9 Å². The monoisotopic (exact) mass is 224 g/mol. The quantitative estimate of drug-likeness (QED) is 0.728. The van der Waals surface area contributed by atoms with Crippen molar-refractivity contribution in [2.24, 2.45) is 5.92 Å². The van der Waals surface area contributed by atoms with Gasteiger partial charge in [0, 0.05) is 19.2 Å². The summed E-state index contributed by atoms with van der Waals surface area (Å²) in [5.74, 6) is 0.139. The molecule has 0 aromatic rings. The summed E-state index contributed by atoms with van der Waals surface area (Å²) in [5.41, 5.74) is 0. The van der Waals surface area contributed by atoms with Crippen LogP contribution in [0.2, 0.25) is 0 Å². The van der Waals surface area contributed by atoms with Gasteiger partial charge in [0.1, 0.15) is 0 Å². The molecule has 0 aliphatic carbocycles. The molecule has 0 aromatic heterocycles. The number of hydrogen-bond acceptors (Lipinski definition) is 3. The van der Waals surface area contributed by atoms with Crippen molar-refractivity contribution in [3.63, 3.8) is 0 Å². The molecule has 1 saturated heterocycles. The molecule has 1 unspecified atom stereocenters. The van der Waals surface area contributed by atoms with Crippen molar-refractivity contribution in [2.75, 3.05) is 19.8 Å². The van der Waals surface area contributed by atoms with E-state index in [4.69, 9.17) is 10.00 Å². The zero-order chi connectivity index (χ0) is 12.0. The van der Waals surface area contributed by atoms with Crippen LogP contribution in [0.3, 0.4) is 0 Å². The highest BCUT2D eigenvalue weighted by molar-refractivity contribution is 5.79. The number of nitrogens with zero attached hydrogens (tertiary/aromatic N) is 2. The van der Waals surface area contributed by atoms with E-state index < -0.39 is 0 Å². The minimum atomic E-state index is -0.00478. The maximum absolute atomic E-state index is 12.2. The maximum Gasteiger partial charge on any atom is 0.228 e. The summed E-state index contributed by atoms with van der Waals surface area (Å²) in [4.78, 5) is 14.0. The lowest BCUT2D eigenvalue weighted by Crippen LogP contribution is -2.43. The standard InChI is InChI=1S/C12H20N2O2/c1-10(2)14(7-4-6-13)12(15)11-5-3-8-16-9-11/h10-11H,3-5,7-9H2,1-2H3. The fraction of sp³-hybridized carbons (Fsp3) is 0.833. The van der Waals surface area contributed by atoms with Gasteiger partial charge in [-0.3, -0.25) is 4.79 Å². The van der Waals surface area contributed by atoms with E-state index in [0.717, 1.165) is 19.4 Å². The number of rotatable bonds is 4. The SMILES string of the molecule is CC(C)N(CCC#N)C(=O)C1CCCOC1. The molecule has 0 aromatic carbocycles. The average molecular weight is 224 g/mol. The highest BCUT2D eigenvalue weighted by Crippen LogP contribution is 2.17. The van der Waals surface area contributed by atoms with Crippen molar-refractivity contribution in [1.82, 2.24) is 4.90 Å². The lowest BCUT2D eigenvalue weighted by atomic mass is 10.00. The van der Waals surface area contributed by atoms with E-state index in [2.05, 4.69) is 6.07 Å². The first kappa shape index (κ1) is 13.0. The van der Waals surface area contributed by atoms with Crippen LogP contribution in [0.5, 0.6) is 0 Å². The van der Waals surface area contributed by atoms with Crippen molar-refractivity contribution in [2.45, 2.75) is 39.2 Å². The molecule has 0 spiro atoms. The third kappa shape index (κ3) is 3.49. The number of amides is 1. The summed E-state index contributed by atoms with van der Waals surface area (Å²) in [5, 5.41) is 8.58. The van der Waals surface area contributed by atoms with Gasteiger partial charge in [-0.1, -0.05) is 0 Å². The highest BCUT2D eigenvalue weighted by atomic mass is 16.5. The summed E-state index contributed by atoms with van der Waals surface area (Å²) in [6.45, 7) is 5.81. The number of hydrogen-bond donors (Lipinski definition) is 0. The van der Waals surface area contributed by atoms with Crippen LogP contribution in [-0.2, 0) is 9.53 Å². The number of carbonyl (C=O) groups is 1. The van der Waals surface area contributed by atoms with E-state index in [9.17, 15) is 4.79 Å². The minimum absolute atomic E-state index is 0.00478. The van der Waals surface area contributed by atoms with Crippen molar-refractivity contribution in [3.8, 4) is 6.07 Å². The molecule has 1 amide bonds. The van der Waals surface area contributed by atoms with E-state index in [1.807, 2.05) is 13.8 Å². The molecule has 1 aliphatic heterocycles. The summed E-state index contributed by atoms with van der Waals surface area (Å²) in [6.07, 6.45) is 2.27. The number of carbonyl (C=O) groups excluding carboxylic acids is 1. The molecule has 1 rings (SSSR count). The molecule has 0 radical (unpaired) electrons. The first-order valence-electron chi connectivity index (χ1n) is 5.92. The third-order valence-electron chi connectivity index (χ3n) is 2.88. The van der Waals surface area contributed by atoms with Gasteiger partial charge in [-0.25, -0.2) is 0 Å². The van der Waals surface area contributed by atoms with Crippen LogP contribution in [0.15, 0.2) is 0 Å². The van der Waals surface area contributed by atoms with E-state index >= 15 is 0 Å². The second-order valence-electron chi connectivity index (χ2n) is 4.45. The molecular formula is C12H20N2O2. The molecule has 1 aliphatic rings. The second-order valence-corrected chi connectivity index (χ2v) is 4.45. The summed E-state index contributed by atoms with van der Waals surface area (Å²) < 4.78 is 5.33. The molecule has 0 saturated carbocycles. The first-order valence-corrected chi connectivity index (χ1v) is 5.92. The predicted octanol–water partition coefficient (Wildman–Crippen LogP) is 1.56. The fourth-order valence-electron chi connectivity index (χ4n) is 1.96. The van der Waals surface area contributed by atoms with Crippen LogP contribution in [0, 0.1) is 17.2 Å². The minimum Gasteiger partial charge on any atom is -0.381 e. The summed E-state index contributed by atoms with van der Waals surface area (Å²) in [7, 11) is 0. The maximum atomic E-state index is 12.2. The van der Waals surface area contributed by atoms with Gasteiger partial charge < -0.3 is 9.64 Å². The zero-order valence-corrected chi connectivity index (χ0v) is 10.1. The third-order valence-corrected chi connectivity index (χ3v) is 2.88. The Kier molecular flexibility index (Phi) is 5.27. The van der Waals surface area contributed by atoms with Gasteiger partial charge >= 0.3 is 0 Å². The normalized spacial score (nSPS) is 20.5. The van der Waals surface area contributed by atoms with Gasteiger partial charge in [-0.05, 0) is 26.7 Å². The lowest BCUT2D eigenvalue weighted by molar-refractivity contribution is -0.141. The molecule has 16 heavy (non-hydrogen) atoms. The zero-order valence-electron chi connectivity index (χ0n) is 10.1. The summed E-state index contributed by atoms with van der Waals surface area (Å²) in [6, 6.07) is 2.24. The van der Waals surface area contributed by atoms with Crippen molar-refractivity contribution >= 4 is 5.91 Å². The summed E-state index contributed by atoms with van der Waals surface area (Å²) >= 11 is 0. The second kappa shape index (κ2) is 6.49. The molecule has 0 N–H and O–H groups in total. The van der Waals surface area contributed by atoms with Gasteiger partial charge in [0.05, 0.1) is 25.0 Å². The van der Waals surface area contributed by atoms with Crippen molar-refractivity contribution in [3.05, 3.63) is 0 Å². The van der Waals surface area contributed by atoms with Gasteiger partial charge in [0.25, 0.3) is 0 Å². The molecule has 1 atom stereocenters. The molecule has 1 heterocycles. The van der Waals surface area contributed by atoms with E-state index in [1.165, 1.54) is 0 Å². The Morgan fingerprint density at radius 2 is 2.38 bits per heavy atom. The average Bonchev–Trinajstić information content (AvgIpc) is 2.30. The molecule has 90 valence electrons. The number of nitriles is 1. The van der Waals surface area contributed by atoms with Crippen LogP contribution in [0.1, 0.15) is 33.1 Å². The Balaban J connectivity index is 2.55. The first-order chi connectivity index (χ1) is 7.66. The Hall–Kier alpha value is -1.08. The largest absolute Gasteiger partial charge is 0.381 e. The van der Waals surface area contributed by atoms with Crippen LogP contribution in [0.4, 0.5) is 0 Å². The topological polar surface area (TPSA) is 53.3 Å². The van der Waals surface area contributed by atoms with Crippen LogP contribution in [0.25, 0.3) is 0 Å². The lowest BCUT2D eigenvalue weighted by Gasteiger charge is -2.31. The van der Waals surface area contributed by atoms with E-state index in [0.29, 0.717) is 19.6 Å². The fourth-order valence-corrected chi connectivity index (χ4v) is 1.96. The molecule has 1 fully saturated rings. The predicted molar refractivity (Wildman–Crippen MR) is 60.6 cm³/mol. The van der Waals surface area contributed by atoms with Crippen LogP contribution >= 0.6 is 0 Å². The van der Waals surface area contributed by atoms with Crippen molar-refractivity contribution < 1.29 is 9.53 Å². The molecule has 4 nitrogen and oxygen atoms in total. The van der Waals surface area contributed by atoms with Crippen molar-refractivity contribution in [1.29, 1.82) is 5.26 Å². The van der Waals surface area contributed by atoms with Gasteiger partial charge in [0.2, 0.25) is 5.91 Å². The van der Waals surface area contributed by atoms with Gasteiger partial charge in [-0.15, -0.1) is 0 Å². The van der Waals surface area contributed by atoms with Gasteiger partial charge in [0.15, 0.2) is 0 Å². The van der Waals surface area contributed by atoms with E-state index in [1.54, 1.807) is 4.90 Å². The Labute approximate surface area is 97.2 Å². The Morgan fingerprint density at radius 1 is 1.62 bits per heavy atom. The Morgan fingerprint density at radius 3 is 2.88 bits per heavy atom. The highest BCUT2D eigenvalue weighted by Gasteiger charge is 2.27. The number of ether oxygens (including phenoxy) is 1. The van der Waals surface area contributed by atoms with Crippen LogP contribution < -0.4 is 0 Å². The molecular weight excluding hydrogens is 204 g/mol. The Bertz CT molecular complexity index is 265. The molecule has 0 bridgehead atoms. The van der Waals surface area contributed by atoms with Crippen LogP contribution in [-0.4, -0.2) is 36.6 Å².